The van der Waals surface area contributed by atoms with E-state index in [-0.39, 0.29) is 29.8 Å². The highest BCUT2D eigenvalue weighted by Crippen LogP contribution is 2.46. The summed E-state index contributed by atoms with van der Waals surface area (Å²) in [6.45, 7) is 12.1. The minimum Gasteiger partial charge on any atom is -0.457 e. The van der Waals surface area contributed by atoms with Crippen LogP contribution in [0.4, 0.5) is 0 Å². The van der Waals surface area contributed by atoms with Crippen LogP contribution in [0.1, 0.15) is 84.2 Å². The molecule has 4 N–H and O–H groups in total. The number of fused-ring (bicyclic) bond motifs is 2. The number of ether oxygens (including phenoxy) is 2. The topological polar surface area (TPSA) is 140 Å². The van der Waals surface area contributed by atoms with Crippen molar-refractivity contribution in [2.24, 2.45) is 23.0 Å². The van der Waals surface area contributed by atoms with Crippen molar-refractivity contribution in [3.63, 3.8) is 0 Å². The number of aliphatic hydroxyl groups is 2. The Morgan fingerprint density at radius 1 is 1.18 bits per heavy atom. The van der Waals surface area contributed by atoms with Gasteiger partial charge in [0.1, 0.15) is 17.7 Å². The summed E-state index contributed by atoms with van der Waals surface area (Å²) < 4.78 is 14.2. The van der Waals surface area contributed by atoms with E-state index in [0.717, 1.165) is 41.7 Å². The fourth-order valence-electron chi connectivity index (χ4n) is 6.10. The van der Waals surface area contributed by atoms with Crippen LogP contribution in [0.15, 0.2) is 18.2 Å². The van der Waals surface area contributed by atoms with Crippen molar-refractivity contribution in [2.45, 2.75) is 110 Å². The first-order chi connectivity index (χ1) is 18.3. The SMILES string of the molecule is Cc1nc2cc([C@@H]3C[C@@H]4O[C@]4(C)CCCC(C)[C@H](O)C(C)C(=O)C(C)(C)C(O)CC(=O)O3)ccc2n1CCN. The Balaban J connectivity index is 1.63. The van der Waals surface area contributed by atoms with E-state index < -0.39 is 35.6 Å². The maximum absolute atomic E-state index is 13.3. The van der Waals surface area contributed by atoms with Crippen LogP contribution in [-0.2, 0) is 25.6 Å². The van der Waals surface area contributed by atoms with Gasteiger partial charge in [-0.2, -0.15) is 0 Å². The van der Waals surface area contributed by atoms with Crippen LogP contribution in [0.25, 0.3) is 11.0 Å². The van der Waals surface area contributed by atoms with Gasteiger partial charge in [0, 0.05) is 25.4 Å². The summed E-state index contributed by atoms with van der Waals surface area (Å²) in [6, 6.07) is 5.87. The number of aromatic nitrogens is 2. The number of carbonyl (C=O) groups is 2. The molecule has 0 bridgehead atoms. The lowest BCUT2D eigenvalue weighted by Crippen LogP contribution is -2.45. The Morgan fingerprint density at radius 2 is 1.90 bits per heavy atom. The fraction of sp³-hybridized carbons (Fsp3) is 0.700. The van der Waals surface area contributed by atoms with Gasteiger partial charge in [-0.25, -0.2) is 4.98 Å². The van der Waals surface area contributed by atoms with Crippen LogP contribution in [0.3, 0.4) is 0 Å². The molecule has 0 amide bonds. The van der Waals surface area contributed by atoms with Crippen molar-refractivity contribution < 1.29 is 29.3 Å². The smallest absolute Gasteiger partial charge is 0.309 e. The lowest BCUT2D eigenvalue weighted by molar-refractivity contribution is -0.156. The lowest BCUT2D eigenvalue weighted by atomic mass is 9.73. The maximum Gasteiger partial charge on any atom is 0.309 e. The first-order valence-corrected chi connectivity index (χ1v) is 14.2. The molecule has 39 heavy (non-hydrogen) atoms. The first kappa shape index (κ1) is 29.6. The molecule has 0 saturated carbocycles. The van der Waals surface area contributed by atoms with Crippen LogP contribution in [-0.4, -0.2) is 62.0 Å². The molecular formula is C30H45N3O6. The van der Waals surface area contributed by atoms with E-state index in [1.54, 1.807) is 20.8 Å². The van der Waals surface area contributed by atoms with E-state index in [4.69, 9.17) is 20.2 Å². The Bertz CT molecular complexity index is 1210. The summed E-state index contributed by atoms with van der Waals surface area (Å²) >= 11 is 0. The van der Waals surface area contributed by atoms with Gasteiger partial charge in [0.25, 0.3) is 0 Å². The van der Waals surface area contributed by atoms with Crippen LogP contribution in [0.2, 0.25) is 0 Å². The van der Waals surface area contributed by atoms with E-state index in [1.807, 2.05) is 32.0 Å². The van der Waals surface area contributed by atoms with Crippen LogP contribution >= 0.6 is 0 Å². The van der Waals surface area contributed by atoms with E-state index in [2.05, 4.69) is 11.5 Å². The number of nitrogens with zero attached hydrogens (tertiary/aromatic N) is 2. The van der Waals surface area contributed by atoms with Gasteiger partial charge in [0.05, 0.1) is 46.8 Å². The van der Waals surface area contributed by atoms with Gasteiger partial charge in [-0.1, -0.05) is 40.2 Å². The van der Waals surface area contributed by atoms with Crippen molar-refractivity contribution >= 4 is 22.8 Å². The zero-order valence-corrected chi connectivity index (χ0v) is 24.1. The third kappa shape index (κ3) is 6.06. The van der Waals surface area contributed by atoms with E-state index in [9.17, 15) is 19.8 Å². The van der Waals surface area contributed by atoms with Crippen molar-refractivity contribution in [2.75, 3.05) is 6.54 Å². The monoisotopic (exact) mass is 543 g/mol. The molecule has 1 aromatic carbocycles. The predicted octanol–water partition coefficient (Wildman–Crippen LogP) is 3.60. The molecule has 1 aromatic heterocycles. The number of hydrogen-bond donors (Lipinski definition) is 3. The molecule has 2 fully saturated rings. The second-order valence-electron chi connectivity index (χ2n) is 12.4. The number of esters is 1. The van der Waals surface area contributed by atoms with Crippen LogP contribution in [0.5, 0.6) is 0 Å². The van der Waals surface area contributed by atoms with E-state index in [0.29, 0.717) is 19.5 Å². The third-order valence-electron chi connectivity index (χ3n) is 9.09. The largest absolute Gasteiger partial charge is 0.457 e. The molecule has 2 aliphatic rings. The number of hydrogen-bond acceptors (Lipinski definition) is 8. The molecule has 0 spiro atoms. The third-order valence-corrected chi connectivity index (χ3v) is 9.09. The summed E-state index contributed by atoms with van der Waals surface area (Å²) in [5.41, 5.74) is 6.80. The number of aryl methyl sites for hydroxylation is 1. The number of nitrogens with two attached hydrogens (primary N) is 1. The first-order valence-electron chi connectivity index (χ1n) is 14.2. The summed E-state index contributed by atoms with van der Waals surface area (Å²) in [6.07, 6.45) is -0.208. The molecule has 0 radical (unpaired) electrons. The maximum atomic E-state index is 13.3. The Morgan fingerprint density at radius 3 is 2.59 bits per heavy atom. The molecule has 9 nitrogen and oxygen atoms in total. The predicted molar refractivity (Wildman–Crippen MR) is 148 cm³/mol. The van der Waals surface area contributed by atoms with Gasteiger partial charge in [-0.05, 0) is 50.3 Å². The highest BCUT2D eigenvalue weighted by atomic mass is 16.6. The number of imidazole rings is 1. The normalized spacial score (nSPS) is 34.5. The zero-order valence-electron chi connectivity index (χ0n) is 24.1. The van der Waals surface area contributed by atoms with Crippen molar-refractivity contribution in [3.05, 3.63) is 29.6 Å². The second kappa shape index (κ2) is 11.3. The van der Waals surface area contributed by atoms with Crippen LogP contribution in [0, 0.1) is 24.2 Å². The summed E-state index contributed by atoms with van der Waals surface area (Å²) in [5.74, 6) is -0.746. The molecule has 2 aliphatic heterocycles. The highest BCUT2D eigenvalue weighted by molar-refractivity contribution is 5.88. The lowest BCUT2D eigenvalue weighted by Gasteiger charge is -2.34. The van der Waals surface area contributed by atoms with E-state index >= 15 is 0 Å². The number of carbonyl (C=O) groups excluding carboxylic acids is 2. The van der Waals surface area contributed by atoms with Gasteiger partial charge >= 0.3 is 5.97 Å². The molecule has 7 atom stereocenters. The average molecular weight is 544 g/mol. The van der Waals surface area contributed by atoms with Gasteiger partial charge in [0.2, 0.25) is 0 Å². The molecule has 9 heteroatoms. The quantitative estimate of drug-likeness (QED) is 0.394. The number of ketones is 1. The number of benzene rings is 1. The number of epoxide rings is 1. The van der Waals surface area contributed by atoms with E-state index in [1.165, 1.54) is 0 Å². The molecule has 3 unspecified atom stereocenters. The van der Waals surface area contributed by atoms with Crippen LogP contribution < -0.4 is 5.73 Å². The molecular weight excluding hydrogens is 498 g/mol. The number of rotatable bonds is 3. The minimum atomic E-state index is -1.25. The van der Waals surface area contributed by atoms with Gasteiger partial charge in [-0.3, -0.25) is 9.59 Å². The Labute approximate surface area is 231 Å². The van der Waals surface area contributed by atoms with Gasteiger partial charge in [0.15, 0.2) is 0 Å². The summed E-state index contributed by atoms with van der Waals surface area (Å²) in [4.78, 5) is 31.2. The average Bonchev–Trinajstić information content (AvgIpc) is 3.41. The molecule has 2 saturated heterocycles. The van der Waals surface area contributed by atoms with Gasteiger partial charge in [-0.15, -0.1) is 0 Å². The van der Waals surface area contributed by atoms with Gasteiger partial charge < -0.3 is 30.0 Å². The number of Topliss-reactive ketones (excluding diaryl/α,β-unsaturated/α-hetero) is 1. The molecule has 0 aliphatic carbocycles. The standard InChI is InChI=1S/C30H45N3O6/c1-17-8-7-11-30(6)25(39-30)15-23(20-9-10-22-21(14-20)32-19(3)33(22)13-12-31)38-26(35)16-24(34)29(4,5)28(37)18(2)27(17)36/h9-10,14,17-18,23-25,27,34,36H,7-8,11-13,15-16,31H2,1-6H3/t17?,18?,23-,24?,25-,27-,30+/m0/s1. The minimum absolute atomic E-state index is 0.0856. The summed E-state index contributed by atoms with van der Waals surface area (Å²) in [7, 11) is 0. The molecule has 216 valence electrons. The summed E-state index contributed by atoms with van der Waals surface area (Å²) in [5, 5.41) is 21.9. The number of aliphatic hydroxyl groups excluding tert-OH is 2. The highest BCUT2D eigenvalue weighted by Gasteiger charge is 2.53. The molecule has 3 heterocycles. The Hall–Kier alpha value is -2.33. The second-order valence-corrected chi connectivity index (χ2v) is 12.4. The number of cyclic esters (lactones) is 1. The van der Waals surface area contributed by atoms with Crippen molar-refractivity contribution in [3.8, 4) is 0 Å². The Kier molecular flexibility index (Phi) is 8.57. The van der Waals surface area contributed by atoms with Crippen molar-refractivity contribution in [1.82, 2.24) is 9.55 Å². The fourth-order valence-corrected chi connectivity index (χ4v) is 6.10. The molecule has 4 rings (SSSR count). The zero-order chi connectivity index (χ0) is 28.7. The van der Waals surface area contributed by atoms with Crippen molar-refractivity contribution in [1.29, 1.82) is 0 Å². The molecule has 2 aromatic rings.